The van der Waals surface area contributed by atoms with Crippen LogP contribution in [-0.2, 0) is 6.42 Å². The van der Waals surface area contributed by atoms with Gasteiger partial charge in [-0.05, 0) is 10.3 Å². The third kappa shape index (κ3) is 4.36. The first kappa shape index (κ1) is 12.6. The molecule has 0 nitrogen and oxygen atoms in total. The Labute approximate surface area is 86.6 Å². The van der Waals surface area contributed by atoms with Gasteiger partial charge in [0.2, 0.25) is 0 Å². The summed E-state index contributed by atoms with van der Waals surface area (Å²) in [6.07, 6.45) is 0.928. The average Bonchev–Trinajstić information content (AvgIpc) is 2.14. The van der Waals surface area contributed by atoms with Gasteiger partial charge in [0.15, 0.2) is 0 Å². The quantitative estimate of drug-likeness (QED) is 0.406. The summed E-state index contributed by atoms with van der Waals surface area (Å²) >= 11 is 1.76. The Morgan fingerprint density at radius 2 is 2.22 bits per heavy atom. The average molecular weight is 215 g/mol. The summed E-state index contributed by atoms with van der Waals surface area (Å²) in [5.74, 6) is 0. The van der Waals surface area contributed by atoms with Gasteiger partial charge in [0, 0.05) is 0 Å². The van der Waals surface area contributed by atoms with Crippen LogP contribution in [0.15, 0.2) is 17.5 Å². The Kier molecular flexibility index (Phi) is 9.89. The Morgan fingerprint density at radius 1 is 1.56 bits per heavy atom. The van der Waals surface area contributed by atoms with Gasteiger partial charge < -0.3 is 23.9 Å². The fraction of sp³-hybridized carbons (Fsp3) is 0.167. The minimum atomic E-state index is 0. The van der Waals surface area contributed by atoms with Gasteiger partial charge in [-0.2, -0.15) is 11.3 Å². The second-order valence-electron chi connectivity index (χ2n) is 1.33. The largest absolute Gasteiger partial charge is 2.00 e. The Balaban J connectivity index is 0. The van der Waals surface area contributed by atoms with Crippen LogP contribution in [0.2, 0.25) is 0 Å². The molecule has 0 aromatic carbocycles. The van der Waals surface area contributed by atoms with Crippen LogP contribution in [0.3, 0.4) is 0 Å². The second kappa shape index (κ2) is 7.06. The van der Waals surface area contributed by atoms with Crippen molar-refractivity contribution in [2.45, 2.75) is 6.42 Å². The fourth-order valence-corrected chi connectivity index (χ4v) is 1.06. The summed E-state index contributed by atoms with van der Waals surface area (Å²) in [6.45, 7) is 3.74. The summed E-state index contributed by atoms with van der Waals surface area (Å²) in [5.41, 5.74) is 0. The van der Waals surface area contributed by atoms with E-state index in [0.29, 0.717) is 0 Å². The van der Waals surface area contributed by atoms with Crippen molar-refractivity contribution in [3.8, 4) is 0 Å². The molecule has 0 saturated heterocycles. The summed E-state index contributed by atoms with van der Waals surface area (Å²) < 4.78 is 0. The monoisotopic (exact) mass is 214 g/mol. The zero-order valence-corrected chi connectivity index (χ0v) is 8.96. The molecule has 0 spiro atoms. The molecule has 0 amide bonds. The molecule has 0 aliphatic carbocycles. The third-order valence-electron chi connectivity index (χ3n) is 0.827. The molecule has 0 atom stereocenters. The number of thiophene rings is 1. The zero-order valence-electron chi connectivity index (χ0n) is 5.14. The van der Waals surface area contributed by atoms with E-state index < -0.39 is 0 Å². The number of hydrogen-bond acceptors (Lipinski definition) is 1. The molecule has 0 radical (unpaired) electrons. The number of hydrogen-bond donors (Lipinski definition) is 0. The van der Waals surface area contributed by atoms with E-state index in [0.717, 1.165) is 6.42 Å². The van der Waals surface area contributed by atoms with Crippen molar-refractivity contribution < 1.29 is 17.0 Å². The molecule has 1 aromatic heterocycles. The molecule has 0 saturated carbocycles. The van der Waals surface area contributed by atoms with Crippen molar-refractivity contribution >= 4 is 34.4 Å². The number of rotatable bonds is 1. The number of halogens is 1. The normalized spacial score (nSPS) is 7.22. The standard InChI is InChI=1S/C6H7S.BrH.Mg/c1-2-6-4-3-5-7-6;;/h3-5H,1-2H2;1H;/q-1;;+2/p-1. The van der Waals surface area contributed by atoms with E-state index in [1.165, 1.54) is 4.88 Å². The third-order valence-corrected chi connectivity index (χ3v) is 1.76. The second-order valence-corrected chi connectivity index (χ2v) is 2.36. The van der Waals surface area contributed by atoms with E-state index >= 15 is 0 Å². The van der Waals surface area contributed by atoms with Gasteiger partial charge in [0.25, 0.3) is 0 Å². The van der Waals surface area contributed by atoms with Gasteiger partial charge in [0.05, 0.1) is 0 Å². The maximum absolute atomic E-state index is 3.74. The van der Waals surface area contributed by atoms with E-state index in [1.807, 2.05) is 6.07 Å². The topological polar surface area (TPSA) is 0 Å². The minimum absolute atomic E-state index is 0. The predicted molar refractivity (Wildman–Crippen MR) is 39.1 cm³/mol. The Hall–Kier alpha value is 0.946. The van der Waals surface area contributed by atoms with E-state index in [-0.39, 0.29) is 40.0 Å². The molecule has 0 N–H and O–H groups in total. The van der Waals surface area contributed by atoms with E-state index in [2.05, 4.69) is 18.4 Å². The molecule has 1 heterocycles. The fourth-order valence-electron chi connectivity index (χ4n) is 0.455. The van der Waals surface area contributed by atoms with Gasteiger partial charge in [0.1, 0.15) is 0 Å². The first-order valence-electron chi connectivity index (χ1n) is 2.25. The summed E-state index contributed by atoms with van der Waals surface area (Å²) in [7, 11) is 0. The summed E-state index contributed by atoms with van der Waals surface area (Å²) in [4.78, 5) is 1.36. The molecule has 0 unspecified atom stereocenters. The van der Waals surface area contributed by atoms with Crippen molar-refractivity contribution in [1.82, 2.24) is 0 Å². The van der Waals surface area contributed by atoms with Gasteiger partial charge in [-0.15, -0.1) is 6.42 Å². The van der Waals surface area contributed by atoms with Gasteiger partial charge >= 0.3 is 23.1 Å². The maximum atomic E-state index is 3.74. The van der Waals surface area contributed by atoms with Crippen LogP contribution in [0.5, 0.6) is 0 Å². The van der Waals surface area contributed by atoms with Crippen LogP contribution in [-0.4, -0.2) is 23.1 Å². The Morgan fingerprint density at radius 3 is 2.44 bits per heavy atom. The molecule has 9 heavy (non-hydrogen) atoms. The maximum Gasteiger partial charge on any atom is 2.00 e. The van der Waals surface area contributed by atoms with E-state index in [4.69, 9.17) is 0 Å². The van der Waals surface area contributed by atoms with Crippen LogP contribution in [0.4, 0.5) is 0 Å². The van der Waals surface area contributed by atoms with Crippen LogP contribution in [0, 0.1) is 6.92 Å². The van der Waals surface area contributed by atoms with E-state index in [1.54, 1.807) is 11.3 Å². The summed E-state index contributed by atoms with van der Waals surface area (Å²) in [6, 6.07) is 4.14. The van der Waals surface area contributed by atoms with Gasteiger partial charge in [-0.25, -0.2) is 0 Å². The van der Waals surface area contributed by atoms with Crippen LogP contribution < -0.4 is 17.0 Å². The van der Waals surface area contributed by atoms with Crippen molar-refractivity contribution in [1.29, 1.82) is 0 Å². The van der Waals surface area contributed by atoms with Crippen molar-refractivity contribution in [3.63, 3.8) is 0 Å². The summed E-state index contributed by atoms with van der Waals surface area (Å²) in [5, 5.41) is 2.07. The van der Waals surface area contributed by atoms with Crippen molar-refractivity contribution in [2.75, 3.05) is 0 Å². The molecular weight excluding hydrogens is 208 g/mol. The predicted octanol–water partition coefficient (Wildman–Crippen LogP) is -1.25. The minimum Gasteiger partial charge on any atom is -1.00 e. The molecule has 1 rings (SSSR count). The Bertz CT molecular complexity index is 128. The van der Waals surface area contributed by atoms with Gasteiger partial charge in [-0.3, -0.25) is 0 Å². The molecule has 1 aromatic rings. The first-order valence-corrected chi connectivity index (χ1v) is 3.13. The molecule has 0 aliphatic rings. The molecule has 3 heteroatoms. The van der Waals surface area contributed by atoms with E-state index in [9.17, 15) is 0 Å². The molecule has 0 fully saturated rings. The van der Waals surface area contributed by atoms with Gasteiger partial charge in [-0.1, -0.05) is 12.1 Å². The van der Waals surface area contributed by atoms with Crippen LogP contribution >= 0.6 is 11.3 Å². The van der Waals surface area contributed by atoms with Crippen LogP contribution in [0.25, 0.3) is 0 Å². The first-order chi connectivity index (χ1) is 3.43. The van der Waals surface area contributed by atoms with Crippen molar-refractivity contribution in [2.24, 2.45) is 0 Å². The molecule has 0 bridgehead atoms. The van der Waals surface area contributed by atoms with Crippen LogP contribution in [0.1, 0.15) is 4.88 Å². The molecular formula is C6H7BrMgS. The van der Waals surface area contributed by atoms with Crippen molar-refractivity contribution in [3.05, 3.63) is 29.3 Å². The zero-order chi connectivity index (χ0) is 5.11. The molecule has 46 valence electrons. The SMILES string of the molecule is [Br-].[CH2-]Cc1cccs1.[Mg+2]. The molecule has 0 aliphatic heterocycles. The smallest absolute Gasteiger partial charge is 1.00 e.